The lowest BCUT2D eigenvalue weighted by molar-refractivity contribution is 0.0697. The lowest BCUT2D eigenvalue weighted by Gasteiger charge is -2.16. The van der Waals surface area contributed by atoms with Crippen LogP contribution in [0.5, 0.6) is 5.75 Å². The van der Waals surface area contributed by atoms with Crippen molar-refractivity contribution >= 4 is 11.7 Å². The fourth-order valence-corrected chi connectivity index (χ4v) is 2.77. The first kappa shape index (κ1) is 13.5. The summed E-state index contributed by atoms with van der Waals surface area (Å²) in [6.07, 6.45) is 2.08. The average molecular weight is 283 g/mol. The summed E-state index contributed by atoms with van der Waals surface area (Å²) < 4.78 is 5.29. The van der Waals surface area contributed by atoms with E-state index in [1.807, 2.05) is 18.2 Å². The van der Waals surface area contributed by atoms with Crippen LogP contribution < -0.4 is 10.1 Å². The van der Waals surface area contributed by atoms with Gasteiger partial charge in [0.1, 0.15) is 5.75 Å². The summed E-state index contributed by atoms with van der Waals surface area (Å²) in [5.74, 6) is -0.0406. The molecule has 1 atom stereocenters. The molecule has 2 aromatic rings. The second-order valence-electron chi connectivity index (χ2n) is 5.18. The molecule has 21 heavy (non-hydrogen) atoms. The predicted octanol–water partition coefficient (Wildman–Crippen LogP) is 3.49. The third-order valence-corrected chi connectivity index (χ3v) is 3.90. The Labute approximate surface area is 123 Å². The van der Waals surface area contributed by atoms with Crippen molar-refractivity contribution in [1.29, 1.82) is 0 Å². The Balaban J connectivity index is 1.80. The first-order valence-electron chi connectivity index (χ1n) is 6.94. The molecule has 108 valence electrons. The molecule has 1 aliphatic carbocycles. The van der Waals surface area contributed by atoms with E-state index in [4.69, 9.17) is 9.84 Å². The van der Waals surface area contributed by atoms with Crippen molar-refractivity contribution in [2.75, 3.05) is 12.4 Å². The van der Waals surface area contributed by atoms with Gasteiger partial charge in [0, 0.05) is 5.69 Å². The van der Waals surface area contributed by atoms with Gasteiger partial charge in [-0.2, -0.15) is 0 Å². The van der Waals surface area contributed by atoms with Gasteiger partial charge in [0.05, 0.1) is 18.7 Å². The summed E-state index contributed by atoms with van der Waals surface area (Å²) in [7, 11) is 1.67. The predicted molar refractivity (Wildman–Crippen MR) is 81.1 cm³/mol. The van der Waals surface area contributed by atoms with E-state index in [9.17, 15) is 4.79 Å². The number of carboxylic acid groups (broad SMARTS) is 1. The number of ether oxygens (including phenoxy) is 1. The Morgan fingerprint density at radius 2 is 2.00 bits per heavy atom. The summed E-state index contributed by atoms with van der Waals surface area (Å²) in [6.45, 7) is 0. The maximum absolute atomic E-state index is 10.9. The molecule has 0 fully saturated rings. The second kappa shape index (κ2) is 5.48. The topological polar surface area (TPSA) is 58.6 Å². The van der Waals surface area contributed by atoms with Crippen molar-refractivity contribution in [3.05, 3.63) is 59.2 Å². The number of anilines is 1. The van der Waals surface area contributed by atoms with Crippen LogP contribution in [-0.4, -0.2) is 18.2 Å². The summed E-state index contributed by atoms with van der Waals surface area (Å²) in [5.41, 5.74) is 3.84. The number of carbonyl (C=O) groups is 1. The Hall–Kier alpha value is -2.49. The standard InChI is InChI=1S/C17H17NO3/c1-21-14-8-4-11-5-9-16(15(11)10-14)18-13-6-2-12(3-7-13)17(19)20/h2-4,6-8,10,16,18H,5,9H2,1H3,(H,19,20). The van der Waals surface area contributed by atoms with Crippen LogP contribution in [0.25, 0.3) is 0 Å². The van der Waals surface area contributed by atoms with E-state index in [0.717, 1.165) is 24.3 Å². The third-order valence-electron chi connectivity index (χ3n) is 3.90. The number of hydrogen-bond donors (Lipinski definition) is 2. The quantitative estimate of drug-likeness (QED) is 0.901. The van der Waals surface area contributed by atoms with Gasteiger partial charge in [-0.25, -0.2) is 4.79 Å². The minimum atomic E-state index is -0.905. The van der Waals surface area contributed by atoms with Gasteiger partial charge in [-0.1, -0.05) is 6.07 Å². The van der Waals surface area contributed by atoms with Crippen LogP contribution in [0.3, 0.4) is 0 Å². The smallest absolute Gasteiger partial charge is 0.335 e. The average Bonchev–Trinajstić information content (AvgIpc) is 2.90. The van der Waals surface area contributed by atoms with Gasteiger partial charge in [0.2, 0.25) is 0 Å². The molecule has 0 saturated heterocycles. The van der Waals surface area contributed by atoms with Crippen LogP contribution in [0.4, 0.5) is 5.69 Å². The van der Waals surface area contributed by atoms with Crippen LogP contribution in [-0.2, 0) is 6.42 Å². The highest BCUT2D eigenvalue weighted by Gasteiger charge is 2.22. The number of aromatic carboxylic acids is 1. The highest BCUT2D eigenvalue weighted by atomic mass is 16.5. The van der Waals surface area contributed by atoms with Crippen molar-refractivity contribution in [3.63, 3.8) is 0 Å². The van der Waals surface area contributed by atoms with Crippen molar-refractivity contribution in [2.45, 2.75) is 18.9 Å². The zero-order chi connectivity index (χ0) is 14.8. The zero-order valence-electron chi connectivity index (χ0n) is 11.8. The van der Waals surface area contributed by atoms with E-state index in [0.29, 0.717) is 5.56 Å². The monoisotopic (exact) mass is 283 g/mol. The number of rotatable bonds is 4. The van der Waals surface area contributed by atoms with E-state index in [1.54, 1.807) is 19.2 Å². The van der Waals surface area contributed by atoms with Crippen LogP contribution in [0, 0.1) is 0 Å². The molecule has 0 amide bonds. The molecule has 2 aromatic carbocycles. The van der Waals surface area contributed by atoms with E-state index >= 15 is 0 Å². The van der Waals surface area contributed by atoms with E-state index in [2.05, 4.69) is 17.4 Å². The number of benzene rings is 2. The van der Waals surface area contributed by atoms with E-state index in [-0.39, 0.29) is 6.04 Å². The summed E-state index contributed by atoms with van der Waals surface area (Å²) in [4.78, 5) is 10.9. The molecule has 1 aliphatic rings. The van der Waals surface area contributed by atoms with Gasteiger partial charge in [-0.05, 0) is 60.4 Å². The molecule has 0 heterocycles. The molecule has 4 heteroatoms. The van der Waals surface area contributed by atoms with Crippen LogP contribution in [0.2, 0.25) is 0 Å². The maximum atomic E-state index is 10.9. The summed E-state index contributed by atoms with van der Waals surface area (Å²) in [6, 6.07) is 13.3. The number of fused-ring (bicyclic) bond motifs is 1. The Morgan fingerprint density at radius 1 is 1.24 bits per heavy atom. The van der Waals surface area contributed by atoms with Gasteiger partial charge >= 0.3 is 5.97 Å². The molecule has 3 rings (SSSR count). The largest absolute Gasteiger partial charge is 0.497 e. The molecular weight excluding hydrogens is 266 g/mol. The molecule has 4 nitrogen and oxygen atoms in total. The molecule has 0 saturated carbocycles. The molecule has 0 aliphatic heterocycles. The van der Waals surface area contributed by atoms with Crippen molar-refractivity contribution < 1.29 is 14.6 Å². The third kappa shape index (κ3) is 2.70. The second-order valence-corrected chi connectivity index (χ2v) is 5.18. The van der Waals surface area contributed by atoms with Gasteiger partial charge in [-0.15, -0.1) is 0 Å². The molecular formula is C17H17NO3. The highest BCUT2D eigenvalue weighted by Crippen LogP contribution is 2.36. The fourth-order valence-electron chi connectivity index (χ4n) is 2.77. The zero-order valence-corrected chi connectivity index (χ0v) is 11.8. The van der Waals surface area contributed by atoms with Gasteiger partial charge < -0.3 is 15.2 Å². The SMILES string of the molecule is COc1ccc2c(c1)C(Nc1ccc(C(=O)O)cc1)CC2. The van der Waals surface area contributed by atoms with E-state index in [1.165, 1.54) is 11.1 Å². The molecule has 1 unspecified atom stereocenters. The maximum Gasteiger partial charge on any atom is 0.335 e. The lowest BCUT2D eigenvalue weighted by Crippen LogP contribution is -2.07. The number of methoxy groups -OCH3 is 1. The minimum absolute atomic E-state index is 0.241. The normalized spacial score (nSPS) is 16.3. The molecule has 0 bridgehead atoms. The van der Waals surface area contributed by atoms with Crippen molar-refractivity contribution in [1.82, 2.24) is 0 Å². The van der Waals surface area contributed by atoms with Crippen molar-refractivity contribution in [2.24, 2.45) is 0 Å². The van der Waals surface area contributed by atoms with Crippen LogP contribution >= 0.6 is 0 Å². The number of hydrogen-bond acceptors (Lipinski definition) is 3. The first-order chi connectivity index (χ1) is 10.2. The highest BCUT2D eigenvalue weighted by molar-refractivity contribution is 5.88. The van der Waals surface area contributed by atoms with Gasteiger partial charge in [-0.3, -0.25) is 0 Å². The number of carboxylic acids is 1. The minimum Gasteiger partial charge on any atom is -0.497 e. The van der Waals surface area contributed by atoms with Crippen LogP contribution in [0.1, 0.15) is 33.9 Å². The molecule has 0 aromatic heterocycles. The Kier molecular flexibility index (Phi) is 3.52. The molecule has 0 spiro atoms. The number of nitrogens with one attached hydrogen (secondary N) is 1. The lowest BCUT2D eigenvalue weighted by atomic mass is 10.1. The summed E-state index contributed by atoms with van der Waals surface area (Å²) in [5, 5.41) is 12.4. The summed E-state index contributed by atoms with van der Waals surface area (Å²) >= 11 is 0. The molecule has 0 radical (unpaired) electrons. The molecule has 2 N–H and O–H groups in total. The van der Waals surface area contributed by atoms with E-state index < -0.39 is 5.97 Å². The first-order valence-corrected chi connectivity index (χ1v) is 6.94. The van der Waals surface area contributed by atoms with Gasteiger partial charge in [0.25, 0.3) is 0 Å². The Bertz CT molecular complexity index is 664. The van der Waals surface area contributed by atoms with Crippen LogP contribution in [0.15, 0.2) is 42.5 Å². The number of aryl methyl sites for hydroxylation is 1. The Morgan fingerprint density at radius 3 is 2.67 bits per heavy atom. The van der Waals surface area contributed by atoms with Gasteiger partial charge in [0.15, 0.2) is 0 Å². The fraction of sp³-hybridized carbons (Fsp3) is 0.235. The van der Waals surface area contributed by atoms with Crippen molar-refractivity contribution in [3.8, 4) is 5.75 Å².